The van der Waals surface area contributed by atoms with E-state index in [0.29, 0.717) is 35.5 Å². The van der Waals surface area contributed by atoms with Crippen molar-refractivity contribution in [3.8, 4) is 5.88 Å². The summed E-state index contributed by atoms with van der Waals surface area (Å²) >= 11 is 0. The van der Waals surface area contributed by atoms with Crippen molar-refractivity contribution in [1.82, 2.24) is 34.9 Å². The Morgan fingerprint density at radius 2 is 0.766 bits per heavy atom. The molecule has 0 spiro atoms. The van der Waals surface area contributed by atoms with Gasteiger partial charge in [-0.2, -0.15) is 0 Å². The maximum absolute atomic E-state index is 4.94. The van der Waals surface area contributed by atoms with Crippen LogP contribution in [0.3, 0.4) is 0 Å². The summed E-state index contributed by atoms with van der Waals surface area (Å²) in [6, 6.07) is 53.6. The van der Waals surface area contributed by atoms with E-state index < -0.39 is 0 Å². The van der Waals surface area contributed by atoms with E-state index in [1.54, 1.807) is 7.11 Å². The molecule has 0 aliphatic heterocycles. The number of benzene rings is 4. The van der Waals surface area contributed by atoms with E-state index in [-0.39, 0.29) is 0 Å². The van der Waals surface area contributed by atoms with E-state index in [2.05, 4.69) is 189 Å². The molecule has 0 atom stereocenters. The van der Waals surface area contributed by atoms with Gasteiger partial charge < -0.3 is 14.5 Å². The Kier molecular flexibility index (Phi) is 24.6. The molecular weight excluding hydrogens is 947 g/mol. The molecule has 77 heavy (non-hydrogen) atoms. The van der Waals surface area contributed by atoms with Gasteiger partial charge in [-0.05, 0) is 112 Å². The largest absolute Gasteiger partial charge is 0.481 e. The first-order chi connectivity index (χ1) is 37.1. The molecule has 9 aromatic rings. The fourth-order valence-electron chi connectivity index (χ4n) is 7.41. The van der Waals surface area contributed by atoms with Gasteiger partial charge in [0.1, 0.15) is 5.82 Å². The van der Waals surface area contributed by atoms with E-state index in [0.717, 1.165) is 52.9 Å². The highest BCUT2D eigenvalue weighted by Crippen LogP contribution is 2.24. The van der Waals surface area contributed by atoms with Gasteiger partial charge in [0.25, 0.3) is 0 Å². The molecule has 0 saturated carbocycles. The first kappa shape index (κ1) is 59.8. The standard InChI is InChI=1S/C15H18N2.C15H17N.C14H17N3.C14H16N2.C9H13NO/c1-12(2)15-10-9-14(11-16-15)17(3)13-7-5-4-6-8-13;1-12(2)15-9-8-14(11-16-15)10-13-6-4-3-5-7-13;1-11(2)12-9-15-14(16-10-12)17(3)13-7-5-4-6-8-13;1-11(2)13-9-15-14(16-10-13)8-12-6-4-3-5-7-12;1-7(2)8-4-5-9(11-3)10-6-8/h4-12H,1-3H3;3-9,11-12H,10H2,1-2H3;4-11H,1-3H3;3-7,9-11H,8H2,1-2H3;4-7H,1-3H3. The lowest BCUT2D eigenvalue weighted by atomic mass is 10.0. The van der Waals surface area contributed by atoms with Gasteiger partial charge in [0.2, 0.25) is 11.8 Å². The third-order valence-electron chi connectivity index (χ3n) is 12.6. The highest BCUT2D eigenvalue weighted by Gasteiger charge is 2.09. The van der Waals surface area contributed by atoms with Crippen molar-refractivity contribution in [3.63, 3.8) is 0 Å². The molecule has 0 amide bonds. The Morgan fingerprint density at radius 1 is 0.338 bits per heavy atom. The van der Waals surface area contributed by atoms with Gasteiger partial charge in [-0.25, -0.2) is 24.9 Å². The summed E-state index contributed by atoms with van der Waals surface area (Å²) in [7, 11) is 5.65. The molecule has 0 aliphatic carbocycles. The van der Waals surface area contributed by atoms with Gasteiger partial charge >= 0.3 is 0 Å². The fraction of sp³-hybridized carbons (Fsp3) is 0.299. The number of anilines is 4. The third kappa shape index (κ3) is 20.5. The van der Waals surface area contributed by atoms with Crippen LogP contribution < -0.4 is 14.5 Å². The van der Waals surface area contributed by atoms with E-state index >= 15 is 0 Å². The van der Waals surface area contributed by atoms with Crippen LogP contribution in [-0.4, -0.2) is 56.1 Å². The summed E-state index contributed by atoms with van der Waals surface area (Å²) in [5.74, 6) is 4.76. The van der Waals surface area contributed by atoms with Crippen molar-refractivity contribution in [2.75, 3.05) is 31.0 Å². The van der Waals surface area contributed by atoms with Crippen molar-refractivity contribution in [2.24, 2.45) is 0 Å². The van der Waals surface area contributed by atoms with Crippen LogP contribution in [0.25, 0.3) is 0 Å². The van der Waals surface area contributed by atoms with Crippen LogP contribution in [0.5, 0.6) is 5.88 Å². The first-order valence-corrected chi connectivity index (χ1v) is 26.8. The predicted octanol–water partition coefficient (Wildman–Crippen LogP) is 16.5. The zero-order valence-corrected chi connectivity index (χ0v) is 47.8. The second-order valence-corrected chi connectivity index (χ2v) is 20.3. The van der Waals surface area contributed by atoms with Crippen molar-refractivity contribution in [2.45, 2.75) is 112 Å². The van der Waals surface area contributed by atoms with E-state index in [1.807, 2.05) is 140 Å². The van der Waals surface area contributed by atoms with Gasteiger partial charge in [-0.15, -0.1) is 0 Å². The second-order valence-electron chi connectivity index (χ2n) is 20.3. The number of ether oxygens (including phenoxy) is 1. The van der Waals surface area contributed by atoms with E-state index in [4.69, 9.17) is 4.74 Å². The SMILES string of the molecule is CC(C)c1ccc(Cc2ccccc2)cn1.CC(C)c1ccc(N(C)c2ccccc2)cn1.CC(C)c1cnc(Cc2ccccc2)nc1.CC(C)c1cnc(N(C)c2ccccc2)nc1.COc1ccc(C(C)C)cn1. The van der Waals surface area contributed by atoms with E-state index in [9.17, 15) is 0 Å². The van der Waals surface area contributed by atoms with Gasteiger partial charge in [0.05, 0.1) is 19.0 Å². The number of aromatic nitrogens is 7. The van der Waals surface area contributed by atoms with Crippen LogP contribution >= 0.6 is 0 Å². The lowest BCUT2D eigenvalue weighted by Crippen LogP contribution is -2.13. The Morgan fingerprint density at radius 3 is 1.17 bits per heavy atom. The summed E-state index contributed by atoms with van der Waals surface area (Å²) in [5, 5.41) is 0. The topological polar surface area (TPSA) is 106 Å². The Bertz CT molecular complexity index is 2770. The van der Waals surface area contributed by atoms with Crippen LogP contribution in [0.1, 0.15) is 149 Å². The lowest BCUT2D eigenvalue weighted by molar-refractivity contribution is 0.397. The number of para-hydroxylation sites is 2. The molecule has 0 N–H and O–H groups in total. The molecule has 9 rings (SSSR count). The maximum atomic E-state index is 4.94. The highest BCUT2D eigenvalue weighted by atomic mass is 16.5. The normalized spacial score (nSPS) is 10.6. The minimum atomic E-state index is 0.464. The third-order valence-corrected chi connectivity index (χ3v) is 12.6. The number of pyridine rings is 3. The predicted molar refractivity (Wildman–Crippen MR) is 321 cm³/mol. The number of rotatable bonds is 14. The molecule has 400 valence electrons. The Labute approximate surface area is 460 Å². The summed E-state index contributed by atoms with van der Waals surface area (Å²) in [6.45, 7) is 21.5. The average Bonchev–Trinajstić information content (AvgIpc) is 3.46. The van der Waals surface area contributed by atoms with Crippen molar-refractivity contribution < 1.29 is 4.74 Å². The van der Waals surface area contributed by atoms with Gasteiger partial charge in [0, 0.05) is 86.5 Å². The number of methoxy groups -OCH3 is 1. The Balaban J connectivity index is 0.000000179. The zero-order valence-electron chi connectivity index (χ0n) is 47.8. The molecule has 0 bridgehead atoms. The van der Waals surface area contributed by atoms with E-state index in [1.165, 1.54) is 33.5 Å². The van der Waals surface area contributed by atoms with Gasteiger partial charge in [-0.1, -0.05) is 178 Å². The molecule has 5 heterocycles. The van der Waals surface area contributed by atoms with Crippen LogP contribution in [0, 0.1) is 0 Å². The van der Waals surface area contributed by atoms with Crippen LogP contribution in [-0.2, 0) is 12.8 Å². The van der Waals surface area contributed by atoms with Gasteiger partial charge in [-0.3, -0.25) is 9.97 Å². The maximum Gasteiger partial charge on any atom is 0.229 e. The van der Waals surface area contributed by atoms with Crippen LogP contribution in [0.2, 0.25) is 0 Å². The molecule has 0 fully saturated rings. The molecule has 4 aromatic carbocycles. The molecule has 5 aromatic heterocycles. The van der Waals surface area contributed by atoms with Crippen LogP contribution in [0.4, 0.5) is 23.0 Å². The fourth-order valence-corrected chi connectivity index (χ4v) is 7.41. The second kappa shape index (κ2) is 31.7. The Hall–Kier alpha value is -8.11. The zero-order chi connectivity index (χ0) is 55.5. The summed E-state index contributed by atoms with van der Waals surface area (Å²) < 4.78 is 4.94. The molecule has 0 aliphatic rings. The number of nitrogens with zero attached hydrogens (tertiary/aromatic N) is 9. The van der Waals surface area contributed by atoms with Crippen molar-refractivity contribution in [1.29, 1.82) is 0 Å². The van der Waals surface area contributed by atoms with Crippen LogP contribution in [0.15, 0.2) is 201 Å². The molecule has 0 saturated heterocycles. The molecule has 10 heteroatoms. The molecule has 0 radical (unpaired) electrons. The average molecular weight is 1030 g/mol. The summed E-state index contributed by atoms with van der Waals surface area (Å²) in [4.78, 5) is 34.7. The monoisotopic (exact) mass is 1030 g/mol. The van der Waals surface area contributed by atoms with Crippen molar-refractivity contribution in [3.05, 3.63) is 252 Å². The van der Waals surface area contributed by atoms with Gasteiger partial charge in [0.15, 0.2) is 0 Å². The minimum Gasteiger partial charge on any atom is -0.481 e. The molecule has 10 nitrogen and oxygen atoms in total. The number of hydrogen-bond donors (Lipinski definition) is 0. The van der Waals surface area contributed by atoms with Crippen molar-refractivity contribution >= 4 is 23.0 Å². The highest BCUT2D eigenvalue weighted by molar-refractivity contribution is 5.61. The lowest BCUT2D eigenvalue weighted by Gasteiger charge is -2.19. The quantitative estimate of drug-likeness (QED) is 0.105. The summed E-state index contributed by atoms with van der Waals surface area (Å²) in [5.41, 5.74) is 13.1. The molecule has 0 unspecified atom stereocenters. The smallest absolute Gasteiger partial charge is 0.229 e. The summed E-state index contributed by atoms with van der Waals surface area (Å²) in [6.07, 6.45) is 15.2. The molecular formula is C67H81N9O. The number of hydrogen-bond acceptors (Lipinski definition) is 10. The first-order valence-electron chi connectivity index (χ1n) is 26.8. The minimum absolute atomic E-state index is 0.464.